The highest BCUT2D eigenvalue weighted by atomic mass is 16.1. The molecule has 1 N–H and O–H groups in total. The molecule has 146 valence electrons. The number of aromatic nitrogens is 4. The van der Waals surface area contributed by atoms with Gasteiger partial charge in [0.15, 0.2) is 0 Å². The maximum absolute atomic E-state index is 13.2. The molecule has 1 aromatic carbocycles. The van der Waals surface area contributed by atoms with E-state index in [9.17, 15) is 4.79 Å². The van der Waals surface area contributed by atoms with Crippen LogP contribution in [0.1, 0.15) is 18.1 Å². The second kappa shape index (κ2) is 8.17. The molecule has 1 aliphatic rings. The number of rotatable bonds is 4. The van der Waals surface area contributed by atoms with Gasteiger partial charge in [-0.15, -0.1) is 5.92 Å². The molecular weight excluding hydrogens is 366 g/mol. The standard InChI is InChI=1S/C21H21N7O/c1-2-3-10-27-19-18(25-21(27)26-11-8-23-9-12-26)14-24-28(20(19)29)15-17-6-4-16(13-22)5-7-17/h4-7,14,23H,8-12,15H2,1H3. The predicted octanol–water partition coefficient (Wildman–Crippen LogP) is 0.946. The Hall–Kier alpha value is -3.62. The summed E-state index contributed by atoms with van der Waals surface area (Å²) in [5.74, 6) is 6.73. The van der Waals surface area contributed by atoms with E-state index in [1.54, 1.807) is 25.3 Å². The molecule has 4 rings (SSSR count). The largest absolute Gasteiger partial charge is 0.340 e. The van der Waals surface area contributed by atoms with Gasteiger partial charge in [0, 0.05) is 26.2 Å². The van der Waals surface area contributed by atoms with E-state index in [4.69, 9.17) is 10.2 Å². The lowest BCUT2D eigenvalue weighted by Crippen LogP contribution is -2.44. The molecule has 1 saturated heterocycles. The van der Waals surface area contributed by atoms with Gasteiger partial charge < -0.3 is 10.2 Å². The quantitative estimate of drug-likeness (QED) is 0.670. The molecule has 0 saturated carbocycles. The lowest BCUT2D eigenvalue weighted by Gasteiger charge is -2.28. The number of nitrogens with one attached hydrogen (secondary N) is 1. The van der Waals surface area contributed by atoms with Gasteiger partial charge in [0.1, 0.15) is 11.0 Å². The van der Waals surface area contributed by atoms with Gasteiger partial charge in [0.05, 0.1) is 30.9 Å². The average Bonchev–Trinajstić information content (AvgIpc) is 3.14. The van der Waals surface area contributed by atoms with Crippen LogP contribution in [0.25, 0.3) is 11.0 Å². The Labute approximate surface area is 168 Å². The van der Waals surface area contributed by atoms with Crippen LogP contribution in [-0.2, 0) is 13.1 Å². The smallest absolute Gasteiger partial charge is 0.293 e. The first kappa shape index (κ1) is 18.7. The summed E-state index contributed by atoms with van der Waals surface area (Å²) in [4.78, 5) is 20.1. The molecular formula is C21H21N7O. The lowest BCUT2D eigenvalue weighted by molar-refractivity contribution is 0.572. The van der Waals surface area contributed by atoms with Gasteiger partial charge in [-0.3, -0.25) is 9.36 Å². The fourth-order valence-electron chi connectivity index (χ4n) is 3.46. The van der Waals surface area contributed by atoms with E-state index in [0.29, 0.717) is 29.7 Å². The molecule has 0 spiro atoms. The summed E-state index contributed by atoms with van der Waals surface area (Å²) in [5.41, 5.74) is 2.39. The van der Waals surface area contributed by atoms with Crippen LogP contribution in [-0.4, -0.2) is 45.5 Å². The molecule has 0 aliphatic carbocycles. The number of benzene rings is 1. The fraction of sp³-hybridized carbons (Fsp3) is 0.333. The first-order valence-electron chi connectivity index (χ1n) is 9.52. The fourth-order valence-corrected chi connectivity index (χ4v) is 3.46. The van der Waals surface area contributed by atoms with E-state index in [1.807, 2.05) is 16.7 Å². The molecule has 1 fully saturated rings. The van der Waals surface area contributed by atoms with E-state index >= 15 is 0 Å². The Morgan fingerprint density at radius 2 is 1.97 bits per heavy atom. The van der Waals surface area contributed by atoms with Gasteiger partial charge in [0.25, 0.3) is 5.56 Å². The maximum atomic E-state index is 13.2. The molecule has 8 nitrogen and oxygen atoms in total. The summed E-state index contributed by atoms with van der Waals surface area (Å²) in [6, 6.07) is 9.25. The van der Waals surface area contributed by atoms with Crippen molar-refractivity contribution < 1.29 is 0 Å². The van der Waals surface area contributed by atoms with Crippen molar-refractivity contribution in [2.45, 2.75) is 20.0 Å². The molecule has 0 unspecified atom stereocenters. The van der Waals surface area contributed by atoms with Gasteiger partial charge in [-0.1, -0.05) is 18.1 Å². The molecule has 0 atom stereocenters. The second-order valence-corrected chi connectivity index (χ2v) is 6.81. The summed E-state index contributed by atoms with van der Waals surface area (Å²) in [5, 5.41) is 16.6. The average molecular weight is 387 g/mol. The number of hydrogen-bond acceptors (Lipinski definition) is 6. The zero-order valence-corrected chi connectivity index (χ0v) is 16.2. The van der Waals surface area contributed by atoms with E-state index in [-0.39, 0.29) is 5.56 Å². The number of nitrogens with zero attached hydrogens (tertiary/aromatic N) is 6. The zero-order chi connectivity index (χ0) is 20.2. The van der Waals surface area contributed by atoms with Gasteiger partial charge in [-0.2, -0.15) is 10.4 Å². The number of imidazole rings is 1. The second-order valence-electron chi connectivity index (χ2n) is 6.81. The third-order valence-electron chi connectivity index (χ3n) is 4.96. The van der Waals surface area contributed by atoms with Crippen molar-refractivity contribution in [2.24, 2.45) is 0 Å². The third-order valence-corrected chi connectivity index (χ3v) is 4.96. The molecule has 0 radical (unpaired) electrons. The van der Waals surface area contributed by atoms with Crippen molar-refractivity contribution in [1.29, 1.82) is 5.26 Å². The van der Waals surface area contributed by atoms with Crippen LogP contribution in [0.4, 0.5) is 5.95 Å². The molecule has 0 amide bonds. The minimum Gasteiger partial charge on any atom is -0.340 e. The third kappa shape index (κ3) is 3.71. The minimum atomic E-state index is -0.196. The molecule has 8 heteroatoms. The number of nitriles is 1. The highest BCUT2D eigenvalue weighted by Crippen LogP contribution is 2.20. The van der Waals surface area contributed by atoms with E-state index < -0.39 is 0 Å². The molecule has 2 aromatic heterocycles. The Morgan fingerprint density at radius 1 is 1.21 bits per heavy atom. The number of fused-ring (bicyclic) bond motifs is 1. The maximum Gasteiger partial charge on any atom is 0.293 e. The molecule has 1 aliphatic heterocycles. The van der Waals surface area contributed by atoms with E-state index in [2.05, 4.69) is 33.2 Å². The summed E-state index contributed by atoms with van der Waals surface area (Å²) in [6.07, 6.45) is 1.64. The first-order chi connectivity index (χ1) is 14.2. The van der Waals surface area contributed by atoms with Crippen LogP contribution >= 0.6 is 0 Å². The van der Waals surface area contributed by atoms with Crippen LogP contribution in [0.2, 0.25) is 0 Å². The molecule has 3 aromatic rings. The lowest BCUT2D eigenvalue weighted by atomic mass is 10.1. The first-order valence-corrected chi connectivity index (χ1v) is 9.52. The van der Waals surface area contributed by atoms with Crippen molar-refractivity contribution in [1.82, 2.24) is 24.6 Å². The normalized spacial score (nSPS) is 13.7. The molecule has 3 heterocycles. The van der Waals surface area contributed by atoms with Crippen LogP contribution < -0.4 is 15.8 Å². The van der Waals surface area contributed by atoms with E-state index in [1.165, 1.54) is 4.68 Å². The van der Waals surface area contributed by atoms with Crippen LogP contribution in [0.3, 0.4) is 0 Å². The topological polar surface area (TPSA) is 91.8 Å². The Morgan fingerprint density at radius 3 is 2.66 bits per heavy atom. The highest BCUT2D eigenvalue weighted by molar-refractivity contribution is 5.77. The highest BCUT2D eigenvalue weighted by Gasteiger charge is 2.21. The minimum absolute atomic E-state index is 0.196. The van der Waals surface area contributed by atoms with Crippen LogP contribution in [0.5, 0.6) is 0 Å². The Balaban J connectivity index is 1.77. The van der Waals surface area contributed by atoms with Crippen molar-refractivity contribution in [3.63, 3.8) is 0 Å². The van der Waals surface area contributed by atoms with Gasteiger partial charge in [-0.25, -0.2) is 9.67 Å². The van der Waals surface area contributed by atoms with Gasteiger partial charge >= 0.3 is 0 Å². The summed E-state index contributed by atoms with van der Waals surface area (Å²) >= 11 is 0. The predicted molar refractivity (Wildman–Crippen MR) is 111 cm³/mol. The SMILES string of the molecule is CC#CCn1c(N2CCNCC2)nc2cnn(Cc3ccc(C#N)cc3)c(=O)c21. The molecule has 29 heavy (non-hydrogen) atoms. The summed E-state index contributed by atoms with van der Waals surface area (Å²) < 4.78 is 3.33. The van der Waals surface area contributed by atoms with E-state index in [0.717, 1.165) is 37.7 Å². The number of piperazine rings is 1. The molecule has 0 bridgehead atoms. The number of anilines is 1. The van der Waals surface area contributed by atoms with Gasteiger partial charge in [-0.05, 0) is 24.6 Å². The summed E-state index contributed by atoms with van der Waals surface area (Å²) in [7, 11) is 0. The Kier molecular flexibility index (Phi) is 5.28. The van der Waals surface area contributed by atoms with Crippen molar-refractivity contribution in [3.05, 3.63) is 51.9 Å². The van der Waals surface area contributed by atoms with Crippen molar-refractivity contribution in [3.8, 4) is 17.9 Å². The van der Waals surface area contributed by atoms with Gasteiger partial charge in [0.2, 0.25) is 5.95 Å². The van der Waals surface area contributed by atoms with Crippen molar-refractivity contribution in [2.75, 3.05) is 31.1 Å². The Bertz CT molecular complexity index is 1180. The van der Waals surface area contributed by atoms with Crippen LogP contribution in [0, 0.1) is 23.2 Å². The van der Waals surface area contributed by atoms with Crippen molar-refractivity contribution >= 4 is 17.0 Å². The number of hydrogen-bond donors (Lipinski definition) is 1. The zero-order valence-electron chi connectivity index (χ0n) is 16.2. The van der Waals surface area contributed by atoms with Crippen LogP contribution in [0.15, 0.2) is 35.3 Å². The summed E-state index contributed by atoms with van der Waals surface area (Å²) in [6.45, 7) is 5.93. The monoisotopic (exact) mass is 387 g/mol.